The van der Waals surface area contributed by atoms with E-state index in [4.69, 9.17) is 5.11 Å². The fourth-order valence-electron chi connectivity index (χ4n) is 3.00. The van der Waals surface area contributed by atoms with E-state index in [2.05, 4.69) is 0 Å². The molecule has 2 rings (SSSR count). The van der Waals surface area contributed by atoms with E-state index in [0.29, 0.717) is 31.5 Å². The molecule has 6 nitrogen and oxygen atoms in total. The number of piperidine rings is 1. The number of halogens is 2. The smallest absolute Gasteiger partial charge is 0.317 e. The Bertz CT molecular complexity index is 678. The monoisotopic (exact) mass is 394 g/mol. The van der Waals surface area contributed by atoms with Crippen molar-refractivity contribution < 1.29 is 22.7 Å². The molecule has 0 aliphatic carbocycles. The Morgan fingerprint density at radius 2 is 1.92 bits per heavy atom. The highest BCUT2D eigenvalue weighted by Gasteiger charge is 2.30. The second-order valence-electron chi connectivity index (χ2n) is 5.92. The molecule has 1 aromatic rings. The van der Waals surface area contributed by atoms with Crippen molar-refractivity contribution in [1.82, 2.24) is 9.21 Å². The Balaban J connectivity index is 0.00000312. The van der Waals surface area contributed by atoms with E-state index >= 15 is 0 Å². The average Bonchev–Trinajstić information content (AvgIpc) is 2.56. The number of benzene rings is 1. The van der Waals surface area contributed by atoms with Gasteiger partial charge < -0.3 is 5.11 Å². The molecule has 0 spiro atoms. The van der Waals surface area contributed by atoms with Gasteiger partial charge in [-0.25, -0.2) is 17.1 Å². The first kappa shape index (κ1) is 21.8. The van der Waals surface area contributed by atoms with Gasteiger partial charge in [0.05, 0.1) is 12.3 Å². The highest BCUT2D eigenvalue weighted by Crippen LogP contribution is 2.21. The predicted octanol–water partition coefficient (Wildman–Crippen LogP) is 1.95. The summed E-state index contributed by atoms with van der Waals surface area (Å²) in [6.07, 6.45) is 1.09. The molecule has 0 amide bonds. The van der Waals surface area contributed by atoms with Gasteiger partial charge in [-0.15, -0.1) is 12.4 Å². The SMILES string of the molecule is CCS(=O)(=O)N1CCC(N(CC(=O)O)Cc2ccccc2F)CC1.Cl. The summed E-state index contributed by atoms with van der Waals surface area (Å²) in [5.41, 5.74) is 0.447. The molecule has 0 aromatic heterocycles. The van der Waals surface area contributed by atoms with Crippen molar-refractivity contribution in [2.24, 2.45) is 0 Å². The van der Waals surface area contributed by atoms with Crippen LogP contribution >= 0.6 is 12.4 Å². The molecule has 1 aliphatic heterocycles. The van der Waals surface area contributed by atoms with Crippen LogP contribution in [0.5, 0.6) is 0 Å². The van der Waals surface area contributed by atoms with Gasteiger partial charge in [0.25, 0.3) is 0 Å². The number of carboxylic acids is 1. The minimum absolute atomic E-state index is 0. The summed E-state index contributed by atoms with van der Waals surface area (Å²) in [5, 5.41) is 9.14. The van der Waals surface area contributed by atoms with Crippen LogP contribution < -0.4 is 0 Å². The third-order valence-electron chi connectivity index (χ3n) is 4.37. The van der Waals surface area contributed by atoms with Crippen LogP contribution in [0.3, 0.4) is 0 Å². The average molecular weight is 395 g/mol. The van der Waals surface area contributed by atoms with E-state index in [1.54, 1.807) is 30.0 Å². The number of sulfonamides is 1. The molecule has 25 heavy (non-hydrogen) atoms. The maximum absolute atomic E-state index is 13.9. The standard InChI is InChI=1S/C16H23FN2O4S.ClH/c1-2-24(22,23)19-9-7-14(8-10-19)18(12-16(20)21)11-13-5-3-4-6-15(13)17;/h3-6,14H,2,7-12H2,1H3,(H,20,21);1H. The molecule has 1 aliphatic rings. The molecule has 0 atom stereocenters. The molecule has 142 valence electrons. The Morgan fingerprint density at radius 1 is 1.32 bits per heavy atom. The highest BCUT2D eigenvalue weighted by atomic mass is 35.5. The Hall–Kier alpha value is -1.22. The van der Waals surface area contributed by atoms with Crippen LogP contribution in [0, 0.1) is 5.82 Å². The predicted molar refractivity (Wildman–Crippen MR) is 95.7 cm³/mol. The first-order chi connectivity index (χ1) is 11.3. The summed E-state index contributed by atoms with van der Waals surface area (Å²) in [7, 11) is -3.22. The van der Waals surface area contributed by atoms with Crippen molar-refractivity contribution >= 4 is 28.4 Å². The topological polar surface area (TPSA) is 77.9 Å². The van der Waals surface area contributed by atoms with Crippen LogP contribution in [0.15, 0.2) is 24.3 Å². The maximum atomic E-state index is 13.9. The highest BCUT2D eigenvalue weighted by molar-refractivity contribution is 7.89. The van der Waals surface area contributed by atoms with Gasteiger partial charge in [-0.1, -0.05) is 18.2 Å². The Morgan fingerprint density at radius 3 is 2.44 bits per heavy atom. The zero-order chi connectivity index (χ0) is 17.7. The minimum atomic E-state index is -3.22. The third-order valence-corrected chi connectivity index (χ3v) is 6.25. The first-order valence-electron chi connectivity index (χ1n) is 8.00. The van der Waals surface area contributed by atoms with Gasteiger partial charge in [0.15, 0.2) is 0 Å². The summed E-state index contributed by atoms with van der Waals surface area (Å²) in [6.45, 7) is 2.35. The van der Waals surface area contributed by atoms with Crippen LogP contribution in [0.4, 0.5) is 4.39 Å². The lowest BCUT2D eigenvalue weighted by Gasteiger charge is -2.37. The van der Waals surface area contributed by atoms with Crippen LogP contribution in [0.25, 0.3) is 0 Å². The van der Waals surface area contributed by atoms with Gasteiger partial charge in [-0.3, -0.25) is 9.69 Å². The zero-order valence-corrected chi connectivity index (χ0v) is 15.7. The molecular weight excluding hydrogens is 371 g/mol. The lowest BCUT2D eigenvalue weighted by Crippen LogP contribution is -2.48. The summed E-state index contributed by atoms with van der Waals surface area (Å²) < 4.78 is 39.1. The fourth-order valence-corrected chi connectivity index (χ4v) is 4.13. The summed E-state index contributed by atoms with van der Waals surface area (Å²) in [4.78, 5) is 12.9. The second-order valence-corrected chi connectivity index (χ2v) is 8.18. The molecule has 0 bridgehead atoms. The summed E-state index contributed by atoms with van der Waals surface area (Å²) in [6, 6.07) is 6.22. The second kappa shape index (κ2) is 9.47. The van der Waals surface area contributed by atoms with Crippen LogP contribution in [-0.2, 0) is 21.4 Å². The number of nitrogens with zero attached hydrogens (tertiary/aromatic N) is 2. The lowest BCUT2D eigenvalue weighted by atomic mass is 10.0. The minimum Gasteiger partial charge on any atom is -0.480 e. The quantitative estimate of drug-likeness (QED) is 0.764. The van der Waals surface area contributed by atoms with Crippen molar-refractivity contribution in [2.75, 3.05) is 25.4 Å². The number of rotatable bonds is 7. The number of aliphatic carboxylic acids is 1. The summed E-state index contributed by atoms with van der Waals surface area (Å²) >= 11 is 0. The van der Waals surface area contributed by atoms with Gasteiger partial charge >= 0.3 is 5.97 Å². The molecule has 9 heteroatoms. The maximum Gasteiger partial charge on any atom is 0.317 e. The van der Waals surface area contributed by atoms with Gasteiger partial charge in [0, 0.05) is 31.2 Å². The van der Waals surface area contributed by atoms with E-state index in [1.807, 2.05) is 0 Å². The van der Waals surface area contributed by atoms with Crippen molar-refractivity contribution in [3.8, 4) is 0 Å². The number of hydrogen-bond donors (Lipinski definition) is 1. The normalized spacial score (nSPS) is 16.6. The fraction of sp³-hybridized carbons (Fsp3) is 0.562. The van der Waals surface area contributed by atoms with Crippen molar-refractivity contribution in [3.63, 3.8) is 0 Å². The number of carbonyl (C=O) groups is 1. The Kier molecular flexibility index (Phi) is 8.27. The molecule has 0 saturated carbocycles. The van der Waals surface area contributed by atoms with E-state index < -0.39 is 16.0 Å². The lowest BCUT2D eigenvalue weighted by molar-refractivity contribution is -0.139. The molecule has 1 aromatic carbocycles. The molecule has 1 fully saturated rings. The van der Waals surface area contributed by atoms with Crippen molar-refractivity contribution in [3.05, 3.63) is 35.6 Å². The van der Waals surface area contributed by atoms with E-state index in [-0.39, 0.29) is 43.1 Å². The molecule has 1 N–H and O–H groups in total. The zero-order valence-electron chi connectivity index (χ0n) is 14.1. The third kappa shape index (κ3) is 5.91. The van der Waals surface area contributed by atoms with Gasteiger partial charge in [-0.05, 0) is 25.8 Å². The van der Waals surface area contributed by atoms with Gasteiger partial charge in [0.1, 0.15) is 5.82 Å². The number of hydrogen-bond acceptors (Lipinski definition) is 4. The van der Waals surface area contributed by atoms with Crippen molar-refractivity contribution in [2.45, 2.75) is 32.4 Å². The van der Waals surface area contributed by atoms with Crippen LogP contribution in [0.1, 0.15) is 25.3 Å². The first-order valence-corrected chi connectivity index (χ1v) is 9.61. The van der Waals surface area contributed by atoms with E-state index in [9.17, 15) is 17.6 Å². The van der Waals surface area contributed by atoms with Crippen LogP contribution in [-0.4, -0.2) is 60.1 Å². The van der Waals surface area contributed by atoms with E-state index in [1.165, 1.54) is 10.4 Å². The molecule has 0 radical (unpaired) electrons. The van der Waals surface area contributed by atoms with Crippen LogP contribution in [0.2, 0.25) is 0 Å². The van der Waals surface area contributed by atoms with Crippen molar-refractivity contribution in [1.29, 1.82) is 0 Å². The number of carboxylic acid groups (broad SMARTS) is 1. The molecule has 1 heterocycles. The van der Waals surface area contributed by atoms with Gasteiger partial charge in [0.2, 0.25) is 10.0 Å². The van der Waals surface area contributed by atoms with E-state index in [0.717, 1.165) is 0 Å². The summed E-state index contributed by atoms with van der Waals surface area (Å²) in [5.74, 6) is -1.28. The Labute approximate surface area is 154 Å². The molecule has 1 saturated heterocycles. The largest absolute Gasteiger partial charge is 0.480 e. The van der Waals surface area contributed by atoms with Gasteiger partial charge in [-0.2, -0.15) is 0 Å². The molecular formula is C16H24ClFN2O4S. The molecule has 0 unspecified atom stereocenters.